The predicted octanol–water partition coefficient (Wildman–Crippen LogP) is 0.661. The molecule has 0 bridgehead atoms. The molecule has 3 heteroatoms. The van der Waals surface area contributed by atoms with Crippen molar-refractivity contribution in [1.82, 2.24) is 5.32 Å². The maximum absolute atomic E-state index is 5.27. The summed E-state index contributed by atoms with van der Waals surface area (Å²) in [5.41, 5.74) is 5.38. The molecule has 0 aliphatic heterocycles. The Morgan fingerprint density at radius 3 is 2.11 bits per heavy atom. The lowest BCUT2D eigenvalue weighted by atomic mass is 10.1. The van der Waals surface area contributed by atoms with Gasteiger partial charge < -0.3 is 11.1 Å². The number of thiocarbonyl (C=S) groups is 1. The van der Waals surface area contributed by atoms with Crippen LogP contribution in [0, 0.1) is 0 Å². The highest BCUT2D eigenvalue weighted by molar-refractivity contribution is 7.80. The van der Waals surface area contributed by atoms with Gasteiger partial charge in [0.2, 0.25) is 0 Å². The quantitative estimate of drug-likeness (QED) is 0.562. The van der Waals surface area contributed by atoms with Crippen LogP contribution in [0.25, 0.3) is 0 Å². The first kappa shape index (κ1) is 8.85. The van der Waals surface area contributed by atoms with Crippen LogP contribution in [0.3, 0.4) is 0 Å². The fraction of sp³-hybridized carbons (Fsp3) is 0.833. The summed E-state index contributed by atoms with van der Waals surface area (Å²) in [5.74, 6) is 0. The Hall–Kier alpha value is -0.150. The van der Waals surface area contributed by atoms with Crippen molar-refractivity contribution >= 4 is 17.2 Å². The van der Waals surface area contributed by atoms with E-state index in [4.69, 9.17) is 5.73 Å². The summed E-state index contributed by atoms with van der Waals surface area (Å²) in [4.78, 5) is 0.518. The van der Waals surface area contributed by atoms with E-state index in [-0.39, 0.29) is 5.54 Å². The monoisotopic (exact) mass is 146 g/mol. The molecule has 3 N–H and O–H groups in total. The number of hydrogen-bond donors (Lipinski definition) is 2. The molecule has 54 valence electrons. The molecule has 0 atom stereocenters. The largest absolute Gasteiger partial charge is 0.392 e. The van der Waals surface area contributed by atoms with Crippen molar-refractivity contribution in [2.75, 3.05) is 6.54 Å². The lowest BCUT2D eigenvalue weighted by Crippen LogP contribution is -2.40. The molecule has 0 aliphatic carbocycles. The predicted molar refractivity (Wildman–Crippen MR) is 44.5 cm³/mol. The van der Waals surface area contributed by atoms with Crippen molar-refractivity contribution in [3.63, 3.8) is 0 Å². The Kier molecular flexibility index (Phi) is 3.08. The van der Waals surface area contributed by atoms with Gasteiger partial charge in [-0.25, -0.2) is 0 Å². The van der Waals surface area contributed by atoms with E-state index in [1.54, 1.807) is 0 Å². The maximum Gasteiger partial charge on any atom is 0.0867 e. The first-order chi connectivity index (χ1) is 3.92. The lowest BCUT2D eigenvalue weighted by molar-refractivity contribution is 0.455. The normalized spacial score (nSPS) is 11.4. The first-order valence-electron chi connectivity index (χ1n) is 2.95. The molecule has 0 aliphatic rings. The fourth-order valence-electron chi connectivity index (χ4n) is 0.352. The molecule has 0 rings (SSSR count). The van der Waals surface area contributed by atoms with Gasteiger partial charge in [0.05, 0.1) is 4.99 Å². The highest BCUT2D eigenvalue weighted by atomic mass is 32.1. The highest BCUT2D eigenvalue weighted by Gasteiger charge is 2.07. The second-order valence-corrected chi connectivity index (χ2v) is 3.59. The van der Waals surface area contributed by atoms with E-state index in [0.29, 0.717) is 11.5 Å². The van der Waals surface area contributed by atoms with Gasteiger partial charge in [0.25, 0.3) is 0 Å². The Balaban J connectivity index is 3.39. The third-order valence-corrected chi connectivity index (χ3v) is 0.937. The van der Waals surface area contributed by atoms with Gasteiger partial charge in [0.1, 0.15) is 0 Å². The van der Waals surface area contributed by atoms with Gasteiger partial charge >= 0.3 is 0 Å². The first-order valence-corrected chi connectivity index (χ1v) is 3.36. The zero-order valence-electron chi connectivity index (χ0n) is 6.19. The van der Waals surface area contributed by atoms with E-state index in [1.165, 1.54) is 0 Å². The standard InChI is InChI=1S/C6H14N2S/c1-6(2,3)8-4-5(7)9/h8H,4H2,1-3H3,(H2,7,9). The molecule has 9 heavy (non-hydrogen) atoms. The van der Waals surface area contributed by atoms with Crippen LogP contribution < -0.4 is 11.1 Å². The van der Waals surface area contributed by atoms with Crippen LogP contribution in [0.1, 0.15) is 20.8 Å². The van der Waals surface area contributed by atoms with E-state index >= 15 is 0 Å². The molecule has 0 radical (unpaired) electrons. The summed E-state index contributed by atoms with van der Waals surface area (Å²) in [7, 11) is 0. The minimum Gasteiger partial charge on any atom is -0.392 e. The number of hydrogen-bond acceptors (Lipinski definition) is 2. The topological polar surface area (TPSA) is 38.0 Å². The molecule has 0 aromatic rings. The fourth-order valence-corrected chi connectivity index (χ4v) is 0.424. The van der Waals surface area contributed by atoms with E-state index in [9.17, 15) is 0 Å². The lowest BCUT2D eigenvalue weighted by Gasteiger charge is -2.19. The molecular weight excluding hydrogens is 132 g/mol. The summed E-state index contributed by atoms with van der Waals surface area (Å²) in [6.45, 7) is 6.85. The average Bonchev–Trinajstić information content (AvgIpc) is 1.59. The van der Waals surface area contributed by atoms with E-state index in [0.717, 1.165) is 0 Å². The van der Waals surface area contributed by atoms with Crippen molar-refractivity contribution in [2.24, 2.45) is 5.73 Å². The van der Waals surface area contributed by atoms with Crippen molar-refractivity contribution in [3.05, 3.63) is 0 Å². The summed E-state index contributed by atoms with van der Waals surface area (Å²) in [6.07, 6.45) is 0. The molecule has 0 heterocycles. The Bertz CT molecular complexity index is 104. The molecule has 0 saturated carbocycles. The van der Waals surface area contributed by atoms with Crippen LogP contribution in [0.15, 0.2) is 0 Å². The van der Waals surface area contributed by atoms with Gasteiger partial charge in [-0.05, 0) is 20.8 Å². The van der Waals surface area contributed by atoms with Crippen LogP contribution >= 0.6 is 12.2 Å². The summed E-state index contributed by atoms with van der Waals surface area (Å²) < 4.78 is 0. The van der Waals surface area contributed by atoms with Gasteiger partial charge in [0, 0.05) is 12.1 Å². The minimum atomic E-state index is 0.115. The van der Waals surface area contributed by atoms with E-state index < -0.39 is 0 Å². The Labute approximate surface area is 61.8 Å². The van der Waals surface area contributed by atoms with Crippen molar-refractivity contribution in [3.8, 4) is 0 Å². The van der Waals surface area contributed by atoms with Gasteiger partial charge in [-0.15, -0.1) is 0 Å². The highest BCUT2D eigenvalue weighted by Crippen LogP contribution is 1.96. The maximum atomic E-state index is 5.27. The Morgan fingerprint density at radius 1 is 1.56 bits per heavy atom. The van der Waals surface area contributed by atoms with Crippen LogP contribution in [0.2, 0.25) is 0 Å². The van der Waals surface area contributed by atoms with Gasteiger partial charge in [0.15, 0.2) is 0 Å². The Morgan fingerprint density at radius 2 is 2.00 bits per heavy atom. The minimum absolute atomic E-state index is 0.115. The second-order valence-electron chi connectivity index (χ2n) is 3.07. The molecular formula is C6H14N2S. The molecule has 2 nitrogen and oxygen atoms in total. The average molecular weight is 146 g/mol. The van der Waals surface area contributed by atoms with Gasteiger partial charge in [-0.3, -0.25) is 0 Å². The summed E-state index contributed by atoms with van der Waals surface area (Å²) in [5, 5.41) is 3.16. The molecule has 0 saturated heterocycles. The zero-order chi connectivity index (χ0) is 7.49. The van der Waals surface area contributed by atoms with Gasteiger partial charge in [-0.2, -0.15) is 0 Å². The van der Waals surface area contributed by atoms with Crippen molar-refractivity contribution in [1.29, 1.82) is 0 Å². The van der Waals surface area contributed by atoms with Crippen LogP contribution in [0.4, 0.5) is 0 Å². The molecule has 0 amide bonds. The van der Waals surface area contributed by atoms with Crippen molar-refractivity contribution < 1.29 is 0 Å². The van der Waals surface area contributed by atoms with E-state index in [1.807, 2.05) is 0 Å². The van der Waals surface area contributed by atoms with E-state index in [2.05, 4.69) is 38.3 Å². The summed E-state index contributed by atoms with van der Waals surface area (Å²) in [6, 6.07) is 0. The van der Waals surface area contributed by atoms with Crippen LogP contribution in [-0.2, 0) is 0 Å². The van der Waals surface area contributed by atoms with Gasteiger partial charge in [-0.1, -0.05) is 12.2 Å². The van der Waals surface area contributed by atoms with Crippen LogP contribution in [0.5, 0.6) is 0 Å². The summed E-state index contributed by atoms with van der Waals surface area (Å²) >= 11 is 4.68. The second kappa shape index (κ2) is 3.13. The smallest absolute Gasteiger partial charge is 0.0867 e. The zero-order valence-corrected chi connectivity index (χ0v) is 7.01. The molecule has 0 spiro atoms. The third kappa shape index (κ3) is 7.85. The SMILES string of the molecule is CC(C)(C)NCC(N)=S. The van der Waals surface area contributed by atoms with Crippen LogP contribution in [-0.4, -0.2) is 17.1 Å². The molecule has 0 unspecified atom stereocenters. The number of rotatable bonds is 2. The molecule has 0 aromatic carbocycles. The molecule has 0 aromatic heterocycles. The molecule has 0 fully saturated rings. The number of nitrogens with one attached hydrogen (secondary N) is 1. The van der Waals surface area contributed by atoms with Crippen molar-refractivity contribution in [2.45, 2.75) is 26.3 Å². The number of nitrogens with two attached hydrogens (primary N) is 1. The third-order valence-electron chi connectivity index (χ3n) is 0.793.